The van der Waals surface area contributed by atoms with Crippen molar-refractivity contribution in [2.75, 3.05) is 19.0 Å². The van der Waals surface area contributed by atoms with Crippen LogP contribution in [0.2, 0.25) is 0 Å². The number of fused-ring (bicyclic) bond motifs is 2. The Hall–Kier alpha value is -3.13. The van der Waals surface area contributed by atoms with Crippen molar-refractivity contribution in [2.24, 2.45) is 5.92 Å². The highest BCUT2D eigenvalue weighted by Gasteiger charge is 2.28. The summed E-state index contributed by atoms with van der Waals surface area (Å²) in [5, 5.41) is 4.30. The van der Waals surface area contributed by atoms with E-state index in [0.29, 0.717) is 25.4 Å². The van der Waals surface area contributed by atoms with Crippen molar-refractivity contribution in [1.29, 1.82) is 0 Å². The van der Waals surface area contributed by atoms with Gasteiger partial charge in [-0.25, -0.2) is 9.78 Å². The number of methoxy groups -OCH3 is 1. The molecule has 5 rings (SSSR count). The maximum Gasteiger partial charge on any atom is 0.410 e. The second-order valence-electron chi connectivity index (χ2n) is 9.07. The molecular weight excluding hydrogens is 450 g/mol. The first kappa shape index (κ1) is 22.7. The molecule has 7 nitrogen and oxygen atoms in total. The number of para-hydroxylation sites is 1. The van der Waals surface area contributed by atoms with Crippen molar-refractivity contribution in [3.05, 3.63) is 53.6 Å². The topological polar surface area (TPSA) is 80.8 Å². The molecule has 0 saturated heterocycles. The first-order valence-electron chi connectivity index (χ1n) is 11.8. The summed E-state index contributed by atoms with van der Waals surface area (Å²) in [5.41, 5.74) is 4.41. The van der Waals surface area contributed by atoms with Gasteiger partial charge in [0.2, 0.25) is 0 Å². The van der Waals surface area contributed by atoms with E-state index < -0.39 is 0 Å². The molecule has 1 N–H and O–H groups in total. The Morgan fingerprint density at radius 1 is 1.12 bits per heavy atom. The Morgan fingerprint density at radius 2 is 1.94 bits per heavy atom. The van der Waals surface area contributed by atoms with Crippen LogP contribution in [0.4, 0.5) is 15.6 Å². The Balaban J connectivity index is 1.14. The van der Waals surface area contributed by atoms with Crippen LogP contribution in [-0.2, 0) is 27.2 Å². The van der Waals surface area contributed by atoms with Crippen LogP contribution in [0.25, 0.3) is 10.2 Å². The Morgan fingerprint density at radius 3 is 2.74 bits per heavy atom. The Kier molecular flexibility index (Phi) is 6.67. The molecule has 0 spiro atoms. The van der Waals surface area contributed by atoms with E-state index in [1.54, 1.807) is 16.2 Å². The van der Waals surface area contributed by atoms with E-state index in [1.807, 2.05) is 24.3 Å². The summed E-state index contributed by atoms with van der Waals surface area (Å²) in [7, 11) is 1.42. The second-order valence-corrected chi connectivity index (χ2v) is 10.1. The maximum absolute atomic E-state index is 12.8. The SMILES string of the molecule is COC(=O)C[C@H]1CC[C@H](OC(=O)N2CCc3cc(Nc4nc5ccccc5s4)ccc3C2)CC1. The molecule has 178 valence electrons. The van der Waals surface area contributed by atoms with E-state index in [9.17, 15) is 9.59 Å². The number of hydrogen-bond donors (Lipinski definition) is 1. The van der Waals surface area contributed by atoms with Crippen LogP contribution in [0.15, 0.2) is 42.5 Å². The number of hydrogen-bond acceptors (Lipinski definition) is 7. The van der Waals surface area contributed by atoms with Gasteiger partial charge in [-0.2, -0.15) is 0 Å². The molecule has 0 atom stereocenters. The monoisotopic (exact) mass is 479 g/mol. The average molecular weight is 480 g/mol. The molecule has 1 saturated carbocycles. The van der Waals surface area contributed by atoms with E-state index in [1.165, 1.54) is 12.7 Å². The number of esters is 1. The zero-order chi connectivity index (χ0) is 23.5. The van der Waals surface area contributed by atoms with Gasteiger partial charge < -0.3 is 19.7 Å². The van der Waals surface area contributed by atoms with Gasteiger partial charge in [-0.3, -0.25) is 4.79 Å². The van der Waals surface area contributed by atoms with Crippen molar-refractivity contribution in [3.63, 3.8) is 0 Å². The highest BCUT2D eigenvalue weighted by molar-refractivity contribution is 7.22. The Bertz CT molecular complexity index is 1150. The summed E-state index contributed by atoms with van der Waals surface area (Å²) in [6.07, 6.45) is 4.33. The fraction of sp³-hybridized carbons (Fsp3) is 0.423. The fourth-order valence-electron chi connectivity index (χ4n) is 4.83. The smallest absolute Gasteiger partial charge is 0.410 e. The number of carbonyl (C=O) groups is 2. The summed E-state index contributed by atoms with van der Waals surface area (Å²) < 4.78 is 11.7. The highest BCUT2D eigenvalue weighted by Crippen LogP contribution is 2.31. The minimum Gasteiger partial charge on any atom is -0.469 e. The van der Waals surface area contributed by atoms with Crippen molar-refractivity contribution < 1.29 is 19.1 Å². The lowest BCUT2D eigenvalue weighted by molar-refractivity contribution is -0.142. The summed E-state index contributed by atoms with van der Waals surface area (Å²) in [6.45, 7) is 1.21. The van der Waals surface area contributed by atoms with E-state index in [-0.39, 0.29) is 18.2 Å². The molecule has 1 fully saturated rings. The molecule has 2 aromatic carbocycles. The zero-order valence-electron chi connectivity index (χ0n) is 19.3. The standard InChI is InChI=1S/C26H29N3O4S/c1-32-24(30)14-17-6-10-21(11-7-17)33-26(31)29-13-12-18-15-20(9-8-19(18)16-29)27-25-28-22-4-2-3-5-23(22)34-25/h2-5,8-9,15,17,21H,6-7,10-14,16H2,1H3,(H,27,28)/t17-,21-. The van der Waals surface area contributed by atoms with Crippen LogP contribution in [0.3, 0.4) is 0 Å². The third kappa shape index (κ3) is 5.17. The van der Waals surface area contributed by atoms with Crippen molar-refractivity contribution in [3.8, 4) is 0 Å². The fourth-order valence-corrected chi connectivity index (χ4v) is 5.71. The Labute approximate surface area is 203 Å². The summed E-state index contributed by atoms with van der Waals surface area (Å²) in [6, 6.07) is 14.4. The van der Waals surface area contributed by atoms with Gasteiger partial charge in [0.25, 0.3) is 0 Å². The molecule has 2 aliphatic rings. The third-order valence-corrected chi connectivity index (χ3v) is 7.72. The number of aromatic nitrogens is 1. The molecule has 1 amide bonds. The summed E-state index contributed by atoms with van der Waals surface area (Å²) in [5.74, 6) is 0.167. The number of carbonyl (C=O) groups excluding carboxylic acids is 2. The van der Waals surface area contributed by atoms with Gasteiger partial charge in [0, 0.05) is 25.2 Å². The lowest BCUT2D eigenvalue weighted by atomic mass is 9.85. The molecule has 2 heterocycles. The molecular formula is C26H29N3O4S. The zero-order valence-corrected chi connectivity index (χ0v) is 20.1. The third-order valence-electron chi connectivity index (χ3n) is 6.77. The predicted molar refractivity (Wildman–Crippen MR) is 132 cm³/mol. The van der Waals surface area contributed by atoms with Gasteiger partial charge in [-0.15, -0.1) is 0 Å². The van der Waals surface area contributed by atoms with E-state index >= 15 is 0 Å². The predicted octanol–water partition coefficient (Wildman–Crippen LogP) is 5.66. The summed E-state index contributed by atoms with van der Waals surface area (Å²) in [4.78, 5) is 30.7. The number of benzene rings is 2. The largest absolute Gasteiger partial charge is 0.469 e. The lowest BCUT2D eigenvalue weighted by Crippen LogP contribution is -2.39. The quantitative estimate of drug-likeness (QED) is 0.476. The number of amides is 1. The van der Waals surface area contributed by atoms with Crippen molar-refractivity contribution >= 4 is 44.4 Å². The molecule has 3 aromatic rings. The maximum atomic E-state index is 12.8. The minimum atomic E-state index is -0.237. The minimum absolute atomic E-state index is 0.0665. The number of rotatable bonds is 5. The average Bonchev–Trinajstić information content (AvgIpc) is 3.27. The number of ether oxygens (including phenoxy) is 2. The van der Waals surface area contributed by atoms with E-state index in [4.69, 9.17) is 9.47 Å². The van der Waals surface area contributed by atoms with Gasteiger partial charge in [0.1, 0.15) is 6.10 Å². The molecule has 0 unspecified atom stereocenters. The van der Waals surface area contributed by atoms with Crippen LogP contribution in [-0.4, -0.2) is 41.7 Å². The van der Waals surface area contributed by atoms with E-state index in [2.05, 4.69) is 28.5 Å². The van der Waals surface area contributed by atoms with Crippen molar-refractivity contribution in [1.82, 2.24) is 9.88 Å². The molecule has 1 aromatic heterocycles. The molecule has 34 heavy (non-hydrogen) atoms. The van der Waals surface area contributed by atoms with Crippen LogP contribution >= 0.6 is 11.3 Å². The number of nitrogens with zero attached hydrogens (tertiary/aromatic N) is 2. The van der Waals surface area contributed by atoms with Gasteiger partial charge in [-0.05, 0) is 73.4 Å². The first-order valence-corrected chi connectivity index (χ1v) is 12.7. The van der Waals surface area contributed by atoms with Gasteiger partial charge in [0.05, 0.1) is 17.3 Å². The lowest BCUT2D eigenvalue weighted by Gasteiger charge is -2.32. The second kappa shape index (κ2) is 10.0. The van der Waals surface area contributed by atoms with Crippen molar-refractivity contribution in [2.45, 2.75) is 51.2 Å². The highest BCUT2D eigenvalue weighted by atomic mass is 32.1. The molecule has 8 heteroatoms. The molecule has 0 bridgehead atoms. The number of thiazole rings is 1. The van der Waals surface area contributed by atoms with Crippen LogP contribution < -0.4 is 5.32 Å². The first-order chi connectivity index (χ1) is 16.6. The normalized spacial score (nSPS) is 20.0. The van der Waals surface area contributed by atoms with Crippen LogP contribution in [0, 0.1) is 5.92 Å². The number of anilines is 2. The molecule has 1 aliphatic carbocycles. The number of nitrogens with one attached hydrogen (secondary N) is 1. The molecule has 1 aliphatic heterocycles. The van der Waals surface area contributed by atoms with Crippen LogP contribution in [0.1, 0.15) is 43.2 Å². The van der Waals surface area contributed by atoms with E-state index in [0.717, 1.165) is 58.7 Å². The van der Waals surface area contributed by atoms with Gasteiger partial charge >= 0.3 is 12.1 Å². The summed E-state index contributed by atoms with van der Waals surface area (Å²) >= 11 is 1.64. The van der Waals surface area contributed by atoms with Crippen LogP contribution in [0.5, 0.6) is 0 Å². The van der Waals surface area contributed by atoms with Gasteiger partial charge in [0.15, 0.2) is 5.13 Å². The molecule has 0 radical (unpaired) electrons. The van der Waals surface area contributed by atoms with Gasteiger partial charge in [-0.1, -0.05) is 29.5 Å².